The van der Waals surface area contributed by atoms with Crippen LogP contribution in [0.2, 0.25) is 5.02 Å². The molecule has 21 heavy (non-hydrogen) atoms. The number of carbonyl (C=O) groups excluding carboxylic acids is 2. The summed E-state index contributed by atoms with van der Waals surface area (Å²) in [5.74, 6) is 0.805. The van der Waals surface area contributed by atoms with Gasteiger partial charge in [0.15, 0.2) is 0 Å². The average molecular weight is 306 g/mol. The van der Waals surface area contributed by atoms with Crippen LogP contribution in [0.5, 0.6) is 0 Å². The highest BCUT2D eigenvalue weighted by molar-refractivity contribution is 6.31. The fraction of sp³-hybridized carbons (Fsp3) is 0.529. The first-order valence-electron chi connectivity index (χ1n) is 7.70. The van der Waals surface area contributed by atoms with Crippen LogP contribution < -0.4 is 5.32 Å². The van der Waals surface area contributed by atoms with Gasteiger partial charge < -0.3 is 5.32 Å². The lowest BCUT2D eigenvalue weighted by atomic mass is 9.79. The van der Waals surface area contributed by atoms with E-state index in [1.165, 1.54) is 0 Å². The SMILES string of the molecule is O=C(NCCc1ccccc1Cl)C1CC2CCC(C1)C2=O. The number of nitrogens with one attached hydrogen (secondary N) is 1. The highest BCUT2D eigenvalue weighted by Gasteiger charge is 2.43. The van der Waals surface area contributed by atoms with Gasteiger partial charge in [0.1, 0.15) is 5.78 Å². The van der Waals surface area contributed by atoms with Crippen molar-refractivity contribution in [3.05, 3.63) is 34.9 Å². The number of Topliss-reactive ketones (excluding diaryl/α,β-unsaturated/α-hetero) is 1. The van der Waals surface area contributed by atoms with Crippen LogP contribution in [0.15, 0.2) is 24.3 Å². The largest absolute Gasteiger partial charge is 0.356 e. The summed E-state index contributed by atoms with van der Waals surface area (Å²) >= 11 is 6.10. The Labute approximate surface area is 130 Å². The van der Waals surface area contributed by atoms with Crippen molar-refractivity contribution in [2.75, 3.05) is 6.54 Å². The number of halogens is 1. The lowest BCUT2D eigenvalue weighted by Crippen LogP contribution is -2.38. The van der Waals surface area contributed by atoms with Crippen molar-refractivity contribution in [2.24, 2.45) is 17.8 Å². The summed E-state index contributed by atoms with van der Waals surface area (Å²) in [4.78, 5) is 24.1. The van der Waals surface area contributed by atoms with Crippen LogP contribution in [0.4, 0.5) is 0 Å². The minimum Gasteiger partial charge on any atom is -0.356 e. The molecule has 0 aromatic heterocycles. The Morgan fingerprint density at radius 1 is 1.19 bits per heavy atom. The number of benzene rings is 1. The van der Waals surface area contributed by atoms with Gasteiger partial charge in [-0.3, -0.25) is 9.59 Å². The second-order valence-corrected chi connectivity index (χ2v) is 6.58. The number of hydrogen-bond acceptors (Lipinski definition) is 2. The second kappa shape index (κ2) is 6.18. The van der Waals surface area contributed by atoms with Crippen molar-refractivity contribution < 1.29 is 9.59 Å². The van der Waals surface area contributed by atoms with Crippen molar-refractivity contribution in [3.63, 3.8) is 0 Å². The Morgan fingerprint density at radius 3 is 2.52 bits per heavy atom. The first-order valence-corrected chi connectivity index (χ1v) is 8.08. The number of carbonyl (C=O) groups is 2. The van der Waals surface area contributed by atoms with E-state index in [1.54, 1.807) is 0 Å². The molecule has 4 heteroatoms. The third-order valence-electron chi connectivity index (χ3n) is 4.83. The van der Waals surface area contributed by atoms with Crippen LogP contribution in [-0.4, -0.2) is 18.2 Å². The van der Waals surface area contributed by atoms with Gasteiger partial charge in [0.2, 0.25) is 5.91 Å². The molecular weight excluding hydrogens is 286 g/mol. The van der Waals surface area contributed by atoms with E-state index in [0.717, 1.165) is 42.7 Å². The van der Waals surface area contributed by atoms with E-state index >= 15 is 0 Å². The summed E-state index contributed by atoms with van der Waals surface area (Å²) in [6, 6.07) is 7.70. The molecule has 3 rings (SSSR count). The maximum Gasteiger partial charge on any atom is 0.223 e. The predicted octanol–water partition coefficient (Wildman–Crippen LogP) is 3.00. The number of fused-ring (bicyclic) bond motifs is 2. The van der Waals surface area contributed by atoms with Crippen LogP contribution in [0.25, 0.3) is 0 Å². The Bertz CT molecular complexity index is 541. The Balaban J connectivity index is 1.49. The molecule has 0 spiro atoms. The quantitative estimate of drug-likeness (QED) is 0.929. The average Bonchev–Trinajstić information content (AvgIpc) is 2.71. The van der Waals surface area contributed by atoms with E-state index < -0.39 is 0 Å². The lowest BCUT2D eigenvalue weighted by molar-refractivity contribution is -0.132. The molecular formula is C17H20ClNO2. The minimum atomic E-state index is 0.0199. The number of ketones is 1. The third kappa shape index (κ3) is 3.13. The zero-order valence-electron chi connectivity index (χ0n) is 12.0. The monoisotopic (exact) mass is 305 g/mol. The smallest absolute Gasteiger partial charge is 0.223 e. The van der Waals surface area contributed by atoms with E-state index in [-0.39, 0.29) is 23.7 Å². The summed E-state index contributed by atoms with van der Waals surface area (Å²) in [5, 5.41) is 3.75. The predicted molar refractivity (Wildman–Crippen MR) is 82.1 cm³/mol. The van der Waals surface area contributed by atoms with Gasteiger partial charge in [-0.2, -0.15) is 0 Å². The second-order valence-electron chi connectivity index (χ2n) is 6.17. The normalized spacial score (nSPS) is 27.7. The first kappa shape index (κ1) is 14.6. The van der Waals surface area contributed by atoms with Crippen molar-refractivity contribution in [3.8, 4) is 0 Å². The highest BCUT2D eigenvalue weighted by Crippen LogP contribution is 2.41. The Kier molecular flexibility index (Phi) is 4.29. The van der Waals surface area contributed by atoms with Gasteiger partial charge in [-0.25, -0.2) is 0 Å². The zero-order valence-corrected chi connectivity index (χ0v) is 12.7. The van der Waals surface area contributed by atoms with Gasteiger partial charge in [0.25, 0.3) is 0 Å². The van der Waals surface area contributed by atoms with Gasteiger partial charge in [-0.15, -0.1) is 0 Å². The van der Waals surface area contributed by atoms with E-state index in [2.05, 4.69) is 5.32 Å². The van der Waals surface area contributed by atoms with Gasteiger partial charge in [-0.05, 0) is 43.7 Å². The van der Waals surface area contributed by atoms with Crippen LogP contribution in [-0.2, 0) is 16.0 Å². The summed E-state index contributed by atoms with van der Waals surface area (Å²) in [5.41, 5.74) is 1.05. The van der Waals surface area contributed by atoms with E-state index in [9.17, 15) is 9.59 Å². The van der Waals surface area contributed by atoms with E-state index in [4.69, 9.17) is 11.6 Å². The minimum absolute atomic E-state index is 0.0199. The molecule has 1 aromatic carbocycles. The van der Waals surface area contributed by atoms with Gasteiger partial charge in [0.05, 0.1) is 0 Å². The van der Waals surface area contributed by atoms with Crippen LogP contribution in [0.3, 0.4) is 0 Å². The number of rotatable bonds is 4. The first-order chi connectivity index (χ1) is 10.1. The molecule has 2 aliphatic rings. The van der Waals surface area contributed by atoms with E-state index in [0.29, 0.717) is 12.3 Å². The van der Waals surface area contributed by atoms with Gasteiger partial charge >= 0.3 is 0 Å². The Hall–Kier alpha value is -1.35. The molecule has 0 heterocycles. The summed E-state index contributed by atoms with van der Waals surface area (Å²) in [6.07, 6.45) is 4.18. The summed E-state index contributed by atoms with van der Waals surface area (Å²) < 4.78 is 0. The van der Waals surface area contributed by atoms with Crippen LogP contribution >= 0.6 is 11.6 Å². The molecule has 2 bridgehead atoms. The molecule has 112 valence electrons. The third-order valence-corrected chi connectivity index (χ3v) is 5.20. The molecule has 0 radical (unpaired) electrons. The Morgan fingerprint density at radius 2 is 1.86 bits per heavy atom. The molecule has 3 nitrogen and oxygen atoms in total. The fourth-order valence-corrected chi connectivity index (χ4v) is 3.88. The molecule has 2 fully saturated rings. The summed E-state index contributed by atoms with van der Waals surface area (Å²) in [6.45, 7) is 0.600. The van der Waals surface area contributed by atoms with Crippen molar-refractivity contribution >= 4 is 23.3 Å². The van der Waals surface area contributed by atoms with Gasteiger partial charge in [-0.1, -0.05) is 29.8 Å². The topological polar surface area (TPSA) is 46.2 Å². The van der Waals surface area contributed by atoms with Crippen molar-refractivity contribution in [1.82, 2.24) is 5.32 Å². The highest BCUT2D eigenvalue weighted by atomic mass is 35.5. The van der Waals surface area contributed by atoms with Crippen molar-refractivity contribution in [2.45, 2.75) is 32.1 Å². The maximum atomic E-state index is 12.2. The summed E-state index contributed by atoms with van der Waals surface area (Å²) in [7, 11) is 0. The molecule has 2 saturated carbocycles. The lowest BCUT2D eigenvalue weighted by Gasteiger charge is -2.25. The molecule has 1 N–H and O–H groups in total. The number of hydrogen-bond donors (Lipinski definition) is 1. The molecule has 1 amide bonds. The molecule has 2 aliphatic carbocycles. The molecule has 0 saturated heterocycles. The molecule has 2 atom stereocenters. The fourth-order valence-electron chi connectivity index (χ4n) is 3.65. The van der Waals surface area contributed by atoms with Crippen LogP contribution in [0, 0.1) is 17.8 Å². The van der Waals surface area contributed by atoms with Crippen LogP contribution in [0.1, 0.15) is 31.2 Å². The number of amides is 1. The van der Waals surface area contributed by atoms with Crippen molar-refractivity contribution in [1.29, 1.82) is 0 Å². The zero-order chi connectivity index (χ0) is 14.8. The maximum absolute atomic E-state index is 12.2. The molecule has 0 aliphatic heterocycles. The van der Waals surface area contributed by atoms with Gasteiger partial charge in [0, 0.05) is 29.3 Å². The van der Waals surface area contributed by atoms with E-state index in [1.807, 2.05) is 24.3 Å². The molecule has 1 aromatic rings. The molecule has 2 unspecified atom stereocenters. The standard InChI is InChI=1S/C17H20ClNO2/c18-15-4-2-1-3-11(15)7-8-19-17(21)14-9-12-5-6-13(10-14)16(12)20/h1-4,12-14H,5-10H2,(H,19,21).